The van der Waals surface area contributed by atoms with Gasteiger partial charge in [0.05, 0.1) is 18.0 Å². The first-order chi connectivity index (χ1) is 13.5. The zero-order valence-corrected chi connectivity index (χ0v) is 15.7. The highest BCUT2D eigenvalue weighted by molar-refractivity contribution is 6.01. The van der Waals surface area contributed by atoms with Crippen LogP contribution in [0.3, 0.4) is 0 Å². The second-order valence-corrected chi connectivity index (χ2v) is 5.94. The second-order valence-electron chi connectivity index (χ2n) is 5.94. The Balaban J connectivity index is 2.03. The van der Waals surface area contributed by atoms with E-state index in [2.05, 4.69) is 5.32 Å². The molecule has 0 aromatic heterocycles. The first-order valence-corrected chi connectivity index (χ1v) is 9.02. The number of rotatable bonds is 10. The lowest BCUT2D eigenvalue weighted by molar-refractivity contribution is -0.112. The van der Waals surface area contributed by atoms with Gasteiger partial charge in [-0.25, -0.2) is 0 Å². The third-order valence-corrected chi connectivity index (χ3v) is 3.91. The smallest absolute Gasteiger partial charge is 0.248 e. The number of aliphatic hydroxyl groups is 2. The van der Waals surface area contributed by atoms with Gasteiger partial charge < -0.3 is 30.7 Å². The highest BCUT2D eigenvalue weighted by atomic mass is 16.5. The molecule has 0 aliphatic rings. The molecule has 28 heavy (non-hydrogen) atoms. The lowest BCUT2D eigenvalue weighted by Crippen LogP contribution is -2.21. The molecule has 2 aromatic rings. The molecule has 0 bridgehead atoms. The number of aliphatic hydroxyl groups excluding tert-OH is 2. The van der Waals surface area contributed by atoms with Crippen LogP contribution < -0.4 is 15.8 Å². The number of para-hydroxylation sites is 2. The third-order valence-electron chi connectivity index (χ3n) is 3.91. The molecule has 0 aliphatic carbocycles. The van der Waals surface area contributed by atoms with Gasteiger partial charge >= 0.3 is 0 Å². The van der Waals surface area contributed by atoms with E-state index in [4.69, 9.17) is 20.3 Å². The molecule has 7 nitrogen and oxygen atoms in total. The van der Waals surface area contributed by atoms with E-state index in [0.717, 1.165) is 0 Å². The van der Waals surface area contributed by atoms with E-state index >= 15 is 0 Å². The predicted molar refractivity (Wildman–Crippen MR) is 108 cm³/mol. The molecule has 7 heteroatoms. The van der Waals surface area contributed by atoms with Crippen molar-refractivity contribution in [3.05, 3.63) is 66.2 Å². The maximum atomic E-state index is 12.1. The zero-order chi connectivity index (χ0) is 20.4. The molecule has 0 fully saturated rings. The Morgan fingerprint density at radius 1 is 1.21 bits per heavy atom. The Morgan fingerprint density at radius 2 is 1.93 bits per heavy atom. The van der Waals surface area contributed by atoms with Gasteiger partial charge in [-0.1, -0.05) is 24.3 Å². The van der Waals surface area contributed by atoms with Crippen LogP contribution in [0, 0.1) is 0 Å². The third kappa shape index (κ3) is 6.38. The van der Waals surface area contributed by atoms with Gasteiger partial charge in [-0.3, -0.25) is 4.79 Å². The Morgan fingerprint density at radius 3 is 2.57 bits per heavy atom. The van der Waals surface area contributed by atoms with Gasteiger partial charge in [0, 0.05) is 12.7 Å². The van der Waals surface area contributed by atoms with Crippen LogP contribution in [0.1, 0.15) is 18.6 Å². The molecule has 1 amide bonds. The van der Waals surface area contributed by atoms with E-state index in [-0.39, 0.29) is 19.1 Å². The Labute approximate surface area is 164 Å². The maximum Gasteiger partial charge on any atom is 0.248 e. The van der Waals surface area contributed by atoms with Crippen molar-refractivity contribution in [1.29, 1.82) is 0 Å². The topological polar surface area (TPSA) is 114 Å². The van der Waals surface area contributed by atoms with E-state index in [1.165, 1.54) is 12.2 Å². The molecule has 0 spiro atoms. The molecular weight excluding hydrogens is 360 g/mol. The summed E-state index contributed by atoms with van der Waals surface area (Å²) in [5.41, 5.74) is 7.41. The Kier molecular flexibility index (Phi) is 8.48. The van der Waals surface area contributed by atoms with Crippen molar-refractivity contribution in [1.82, 2.24) is 0 Å². The molecular formula is C21H26N2O5. The van der Waals surface area contributed by atoms with Crippen molar-refractivity contribution in [2.75, 3.05) is 30.9 Å². The van der Waals surface area contributed by atoms with E-state index in [9.17, 15) is 9.90 Å². The first-order valence-electron chi connectivity index (χ1n) is 9.02. The van der Waals surface area contributed by atoms with E-state index in [1.54, 1.807) is 48.5 Å². The van der Waals surface area contributed by atoms with Crippen LogP contribution in [0.25, 0.3) is 0 Å². The molecule has 2 atom stereocenters. The number of anilines is 2. The molecule has 2 aromatic carbocycles. The average Bonchev–Trinajstić information content (AvgIpc) is 2.71. The SMILES string of the molecule is CCO[C@@H](/C=C/C(=O)Nc1ccccc1N)[C@@H](O)c1ccc(OCCO)cc1. The van der Waals surface area contributed by atoms with Crippen LogP contribution in [0.5, 0.6) is 5.75 Å². The zero-order valence-electron chi connectivity index (χ0n) is 15.7. The number of nitrogens with one attached hydrogen (secondary N) is 1. The predicted octanol–water partition coefficient (Wildman–Crippen LogP) is 2.27. The lowest BCUT2D eigenvalue weighted by Gasteiger charge is -2.20. The van der Waals surface area contributed by atoms with Crippen LogP contribution in [0.4, 0.5) is 11.4 Å². The maximum absolute atomic E-state index is 12.1. The van der Waals surface area contributed by atoms with Crippen molar-refractivity contribution in [3.63, 3.8) is 0 Å². The quantitative estimate of drug-likeness (QED) is 0.368. The summed E-state index contributed by atoms with van der Waals surface area (Å²) < 4.78 is 10.9. The average molecular weight is 386 g/mol. The molecule has 0 saturated heterocycles. The van der Waals surface area contributed by atoms with Crippen molar-refractivity contribution < 1.29 is 24.5 Å². The van der Waals surface area contributed by atoms with Gasteiger partial charge in [-0.15, -0.1) is 0 Å². The molecule has 0 aliphatic heterocycles. The molecule has 0 heterocycles. The van der Waals surface area contributed by atoms with Crippen LogP contribution >= 0.6 is 0 Å². The fourth-order valence-electron chi connectivity index (χ4n) is 2.53. The summed E-state index contributed by atoms with van der Waals surface area (Å²) in [4.78, 5) is 12.1. The standard InChI is InChI=1S/C21H26N2O5/c1-2-27-19(11-12-20(25)23-18-6-4-3-5-17(18)22)21(26)15-7-9-16(10-8-15)28-14-13-24/h3-12,19,21,24,26H,2,13-14,22H2,1H3,(H,23,25)/b12-11+/t19-,21-/m0/s1. The molecule has 5 N–H and O–H groups in total. The minimum atomic E-state index is -0.960. The fraction of sp³-hybridized carbons (Fsp3) is 0.286. The Hall–Kier alpha value is -2.87. The van der Waals surface area contributed by atoms with Gasteiger partial charge in [0.1, 0.15) is 24.6 Å². The van der Waals surface area contributed by atoms with Crippen molar-refractivity contribution in [2.45, 2.75) is 19.1 Å². The fourth-order valence-corrected chi connectivity index (χ4v) is 2.53. The molecule has 150 valence electrons. The summed E-state index contributed by atoms with van der Waals surface area (Å²) >= 11 is 0. The summed E-state index contributed by atoms with van der Waals surface area (Å²) in [6, 6.07) is 13.8. The Bertz CT molecular complexity index is 777. The van der Waals surface area contributed by atoms with Crippen molar-refractivity contribution in [3.8, 4) is 5.75 Å². The van der Waals surface area contributed by atoms with E-state index < -0.39 is 12.2 Å². The summed E-state index contributed by atoms with van der Waals surface area (Å²) in [5.74, 6) is 0.218. The summed E-state index contributed by atoms with van der Waals surface area (Å²) in [7, 11) is 0. The number of ether oxygens (including phenoxy) is 2. The first kappa shape index (κ1) is 21.4. The number of amides is 1. The van der Waals surface area contributed by atoms with Gasteiger partial charge in [-0.2, -0.15) is 0 Å². The lowest BCUT2D eigenvalue weighted by atomic mass is 10.0. The van der Waals surface area contributed by atoms with Crippen LogP contribution in [-0.2, 0) is 9.53 Å². The number of carbonyl (C=O) groups excluding carboxylic acids is 1. The van der Waals surface area contributed by atoms with Gasteiger partial charge in [0.15, 0.2) is 0 Å². The summed E-state index contributed by atoms with van der Waals surface area (Å²) in [6.45, 7) is 2.31. The highest BCUT2D eigenvalue weighted by Gasteiger charge is 2.19. The normalized spacial score (nSPS) is 13.2. The molecule has 0 unspecified atom stereocenters. The molecule has 0 radical (unpaired) electrons. The number of hydrogen-bond acceptors (Lipinski definition) is 6. The van der Waals surface area contributed by atoms with Crippen LogP contribution in [0.2, 0.25) is 0 Å². The van der Waals surface area contributed by atoms with Gasteiger partial charge in [0.2, 0.25) is 5.91 Å². The molecule has 0 saturated carbocycles. The van der Waals surface area contributed by atoms with E-state index in [1.807, 2.05) is 6.92 Å². The largest absolute Gasteiger partial charge is 0.491 e. The number of carbonyl (C=O) groups is 1. The minimum Gasteiger partial charge on any atom is -0.491 e. The number of benzene rings is 2. The van der Waals surface area contributed by atoms with Crippen LogP contribution in [0.15, 0.2) is 60.7 Å². The minimum absolute atomic E-state index is 0.0712. The van der Waals surface area contributed by atoms with Gasteiger partial charge in [0.25, 0.3) is 0 Å². The molecule has 2 rings (SSSR count). The number of nitrogens with two attached hydrogens (primary N) is 1. The van der Waals surface area contributed by atoms with Crippen LogP contribution in [-0.4, -0.2) is 42.0 Å². The summed E-state index contributed by atoms with van der Waals surface area (Å²) in [6.07, 6.45) is 1.17. The number of hydrogen-bond donors (Lipinski definition) is 4. The van der Waals surface area contributed by atoms with Crippen molar-refractivity contribution in [2.24, 2.45) is 0 Å². The van der Waals surface area contributed by atoms with Crippen molar-refractivity contribution >= 4 is 17.3 Å². The second kappa shape index (κ2) is 11.1. The monoisotopic (exact) mass is 386 g/mol. The summed E-state index contributed by atoms with van der Waals surface area (Å²) in [5, 5.41) is 22.1. The van der Waals surface area contributed by atoms with E-state index in [0.29, 0.717) is 29.3 Å². The number of nitrogen functional groups attached to an aromatic ring is 1. The van der Waals surface area contributed by atoms with Gasteiger partial charge in [-0.05, 0) is 42.8 Å². The highest BCUT2D eigenvalue weighted by Crippen LogP contribution is 2.23.